The van der Waals surface area contributed by atoms with Crippen LogP contribution in [0.5, 0.6) is 0 Å². The summed E-state index contributed by atoms with van der Waals surface area (Å²) in [4.78, 5) is 40.6. The standard InChI is InChI=1S/C26H30F2N6O3/c1-14(2)20(32-25(37)26(3,27)28)24(36)34-13-16-8-6-10-18(16)22(34)23(35)31-19(11-29)21-17-9-5-4-7-15(17)12-30-33-21/h4-5,7,9,12,14,16,18-20,22H,6,8,10,13H2,1-3H3,(H,31,35)(H,32,37)/t16-,18-,19?,20-,22-/m0/s1. The van der Waals surface area contributed by atoms with E-state index in [-0.39, 0.29) is 18.4 Å². The summed E-state index contributed by atoms with van der Waals surface area (Å²) < 4.78 is 27.2. The molecule has 2 aromatic rings. The lowest BCUT2D eigenvalue weighted by atomic mass is 9.93. The molecule has 1 unspecified atom stereocenters. The number of fused-ring (bicyclic) bond motifs is 2. The van der Waals surface area contributed by atoms with Gasteiger partial charge in [-0.1, -0.05) is 44.5 Å². The van der Waals surface area contributed by atoms with E-state index >= 15 is 0 Å². The first kappa shape index (κ1) is 26.4. The minimum Gasteiger partial charge on any atom is -0.339 e. The molecule has 0 bridgehead atoms. The number of carbonyl (C=O) groups excluding carboxylic acids is 3. The Bertz CT molecular complexity index is 1240. The highest BCUT2D eigenvalue weighted by Crippen LogP contribution is 2.43. The van der Waals surface area contributed by atoms with E-state index in [4.69, 9.17) is 0 Å². The second-order valence-electron chi connectivity index (χ2n) is 10.3. The van der Waals surface area contributed by atoms with Crippen LogP contribution in [-0.4, -0.2) is 57.4 Å². The summed E-state index contributed by atoms with van der Waals surface area (Å²) in [5, 5.41) is 24.3. The number of alkyl halides is 2. The number of aromatic nitrogens is 2. The van der Waals surface area contributed by atoms with Crippen LogP contribution in [0.2, 0.25) is 0 Å². The third-order valence-corrected chi connectivity index (χ3v) is 7.35. The van der Waals surface area contributed by atoms with Crippen molar-refractivity contribution in [3.63, 3.8) is 0 Å². The van der Waals surface area contributed by atoms with Crippen molar-refractivity contribution in [2.24, 2.45) is 17.8 Å². The van der Waals surface area contributed by atoms with Gasteiger partial charge < -0.3 is 15.5 Å². The summed E-state index contributed by atoms with van der Waals surface area (Å²) >= 11 is 0. The summed E-state index contributed by atoms with van der Waals surface area (Å²) in [5.74, 6) is -6.82. The van der Waals surface area contributed by atoms with Crippen molar-refractivity contribution < 1.29 is 23.2 Å². The third kappa shape index (κ3) is 5.24. The van der Waals surface area contributed by atoms with Crippen LogP contribution < -0.4 is 10.6 Å². The average Bonchev–Trinajstić information content (AvgIpc) is 3.45. The molecule has 196 valence electrons. The van der Waals surface area contributed by atoms with Crippen LogP contribution in [0.4, 0.5) is 8.78 Å². The fourth-order valence-corrected chi connectivity index (χ4v) is 5.48. The average molecular weight is 513 g/mol. The Morgan fingerprint density at radius 2 is 1.92 bits per heavy atom. The number of amides is 3. The van der Waals surface area contributed by atoms with Gasteiger partial charge in [0, 0.05) is 24.2 Å². The fraction of sp³-hybridized carbons (Fsp3) is 0.538. The summed E-state index contributed by atoms with van der Waals surface area (Å²) in [6.45, 7) is 4.05. The number of carbonyl (C=O) groups is 3. The highest BCUT2D eigenvalue weighted by Gasteiger charge is 2.51. The molecule has 11 heteroatoms. The van der Waals surface area contributed by atoms with Crippen LogP contribution in [0.1, 0.15) is 51.8 Å². The molecule has 2 fully saturated rings. The van der Waals surface area contributed by atoms with Gasteiger partial charge in [0.1, 0.15) is 17.8 Å². The van der Waals surface area contributed by atoms with E-state index in [2.05, 4.69) is 26.9 Å². The molecule has 1 aliphatic carbocycles. The molecule has 3 amide bonds. The molecule has 0 spiro atoms. The zero-order valence-corrected chi connectivity index (χ0v) is 20.9. The fourth-order valence-electron chi connectivity index (χ4n) is 5.48. The van der Waals surface area contributed by atoms with Crippen molar-refractivity contribution in [2.75, 3.05) is 6.54 Å². The van der Waals surface area contributed by atoms with Crippen molar-refractivity contribution in [1.29, 1.82) is 5.26 Å². The second-order valence-corrected chi connectivity index (χ2v) is 10.3. The van der Waals surface area contributed by atoms with E-state index in [0.29, 0.717) is 18.0 Å². The zero-order valence-electron chi connectivity index (χ0n) is 20.9. The highest BCUT2D eigenvalue weighted by atomic mass is 19.3. The summed E-state index contributed by atoms with van der Waals surface area (Å²) in [7, 11) is 0. The van der Waals surface area contributed by atoms with Crippen LogP contribution >= 0.6 is 0 Å². The van der Waals surface area contributed by atoms with Gasteiger partial charge in [-0.15, -0.1) is 0 Å². The molecule has 1 aromatic carbocycles. The maximum atomic E-state index is 13.6. The maximum Gasteiger partial charge on any atom is 0.321 e. The van der Waals surface area contributed by atoms with Crippen LogP contribution in [0, 0.1) is 29.1 Å². The van der Waals surface area contributed by atoms with Gasteiger partial charge in [0.25, 0.3) is 5.91 Å². The largest absolute Gasteiger partial charge is 0.339 e. The molecule has 1 aromatic heterocycles. The van der Waals surface area contributed by atoms with Crippen LogP contribution in [0.15, 0.2) is 30.5 Å². The number of hydrogen-bond donors (Lipinski definition) is 2. The van der Waals surface area contributed by atoms with E-state index in [0.717, 1.165) is 24.6 Å². The van der Waals surface area contributed by atoms with Gasteiger partial charge >= 0.3 is 5.92 Å². The summed E-state index contributed by atoms with van der Waals surface area (Å²) in [5.41, 5.74) is 0.297. The maximum absolute atomic E-state index is 13.6. The lowest BCUT2D eigenvalue weighted by Crippen LogP contribution is -2.58. The van der Waals surface area contributed by atoms with E-state index < -0.39 is 47.7 Å². The molecule has 2 heterocycles. The van der Waals surface area contributed by atoms with Crippen molar-refractivity contribution in [2.45, 2.75) is 64.1 Å². The number of rotatable bonds is 7. The third-order valence-electron chi connectivity index (χ3n) is 7.35. The number of nitriles is 1. The van der Waals surface area contributed by atoms with E-state index in [1.54, 1.807) is 32.2 Å². The Morgan fingerprint density at radius 3 is 2.59 bits per heavy atom. The number of benzene rings is 1. The summed E-state index contributed by atoms with van der Waals surface area (Å²) in [6.07, 6.45) is 4.03. The van der Waals surface area contributed by atoms with E-state index in [1.165, 1.54) is 4.90 Å². The number of hydrogen-bond acceptors (Lipinski definition) is 6. The van der Waals surface area contributed by atoms with Crippen molar-refractivity contribution >= 4 is 28.5 Å². The Morgan fingerprint density at radius 1 is 1.19 bits per heavy atom. The first-order valence-corrected chi connectivity index (χ1v) is 12.4. The van der Waals surface area contributed by atoms with Crippen molar-refractivity contribution in [1.82, 2.24) is 25.7 Å². The number of nitrogens with one attached hydrogen (secondary N) is 2. The quantitative estimate of drug-likeness (QED) is 0.587. The predicted octanol–water partition coefficient (Wildman–Crippen LogP) is 2.73. The summed E-state index contributed by atoms with van der Waals surface area (Å²) in [6, 6.07) is 6.09. The van der Waals surface area contributed by atoms with Crippen LogP contribution in [0.3, 0.4) is 0 Å². The van der Waals surface area contributed by atoms with Gasteiger partial charge in [-0.3, -0.25) is 14.4 Å². The topological polar surface area (TPSA) is 128 Å². The zero-order chi connectivity index (χ0) is 26.9. The van der Waals surface area contributed by atoms with Crippen molar-refractivity contribution in [3.05, 3.63) is 36.2 Å². The molecule has 9 nitrogen and oxygen atoms in total. The van der Waals surface area contributed by atoms with Gasteiger partial charge in [0.15, 0.2) is 6.04 Å². The van der Waals surface area contributed by atoms with Crippen molar-refractivity contribution in [3.8, 4) is 6.07 Å². The van der Waals surface area contributed by atoms with Gasteiger partial charge in [-0.25, -0.2) is 0 Å². The molecule has 2 N–H and O–H groups in total. The monoisotopic (exact) mass is 512 g/mol. The number of nitrogens with zero attached hydrogens (tertiary/aromatic N) is 4. The second kappa shape index (κ2) is 10.4. The Hall–Kier alpha value is -3.68. The van der Waals surface area contributed by atoms with Crippen LogP contribution in [0.25, 0.3) is 10.8 Å². The molecular formula is C26H30F2N6O3. The smallest absolute Gasteiger partial charge is 0.321 e. The van der Waals surface area contributed by atoms with Gasteiger partial charge in [-0.2, -0.15) is 24.2 Å². The predicted molar refractivity (Wildman–Crippen MR) is 130 cm³/mol. The molecule has 1 saturated heterocycles. The van der Waals surface area contributed by atoms with Gasteiger partial charge in [-0.05, 0) is 30.6 Å². The molecule has 0 radical (unpaired) electrons. The van der Waals surface area contributed by atoms with Gasteiger partial charge in [0.2, 0.25) is 11.8 Å². The Labute approximate surface area is 213 Å². The highest BCUT2D eigenvalue weighted by molar-refractivity contribution is 5.94. The first-order chi connectivity index (χ1) is 17.5. The first-order valence-electron chi connectivity index (χ1n) is 12.4. The Kier molecular flexibility index (Phi) is 7.39. The number of likely N-dealkylation sites (tertiary alicyclic amines) is 1. The Balaban J connectivity index is 1.61. The molecule has 2 aliphatic rings. The molecule has 1 aliphatic heterocycles. The normalized spacial score (nSPS) is 22.8. The molecular weight excluding hydrogens is 482 g/mol. The molecule has 37 heavy (non-hydrogen) atoms. The molecule has 5 atom stereocenters. The molecule has 4 rings (SSSR count). The van der Waals surface area contributed by atoms with E-state index in [1.807, 2.05) is 12.1 Å². The molecule has 1 saturated carbocycles. The number of halogens is 2. The lowest BCUT2D eigenvalue weighted by Gasteiger charge is -2.32. The minimum atomic E-state index is -3.65. The minimum absolute atomic E-state index is 0.0775. The van der Waals surface area contributed by atoms with Gasteiger partial charge in [0.05, 0.1) is 12.3 Å². The van der Waals surface area contributed by atoms with Crippen LogP contribution in [-0.2, 0) is 14.4 Å². The lowest BCUT2D eigenvalue weighted by molar-refractivity contribution is -0.149. The van der Waals surface area contributed by atoms with E-state index in [9.17, 15) is 28.4 Å². The SMILES string of the molecule is CC(C)[C@H](NC(=O)C(C)(F)F)C(=O)N1C[C@@H]2CCC[C@@H]2[C@H]1C(=O)NC(C#N)c1nncc2ccccc12.